The maximum Gasteiger partial charge on any atom is 0.167 e. The molecule has 3 fully saturated rings. The van der Waals surface area contributed by atoms with E-state index >= 15 is 0 Å². The van der Waals surface area contributed by atoms with E-state index in [9.17, 15) is 5.11 Å². The Kier molecular flexibility index (Phi) is 6.12. The number of ether oxygens (including phenoxy) is 2. The van der Waals surface area contributed by atoms with Crippen molar-refractivity contribution in [2.45, 2.75) is 95.6 Å². The maximum absolute atomic E-state index is 11.1. The van der Waals surface area contributed by atoms with Crippen molar-refractivity contribution in [1.82, 2.24) is 34.4 Å². The summed E-state index contributed by atoms with van der Waals surface area (Å²) in [5.41, 5.74) is 10.6. The van der Waals surface area contributed by atoms with Crippen molar-refractivity contribution >= 4 is 28.0 Å². The lowest BCUT2D eigenvalue weighted by Gasteiger charge is -2.49. The molecule has 1 saturated carbocycles. The molecule has 1 aromatic carbocycles. The van der Waals surface area contributed by atoms with Crippen LogP contribution in [0.3, 0.4) is 0 Å². The molecule has 40 heavy (non-hydrogen) atoms. The number of aromatic amines is 1. The van der Waals surface area contributed by atoms with E-state index in [0.29, 0.717) is 28.9 Å². The third-order valence-electron chi connectivity index (χ3n) is 9.05. The van der Waals surface area contributed by atoms with E-state index in [1.807, 2.05) is 0 Å². The molecule has 4 aromatic rings. The average molecular weight is 547 g/mol. The van der Waals surface area contributed by atoms with E-state index in [1.54, 1.807) is 10.9 Å². The summed E-state index contributed by atoms with van der Waals surface area (Å²) in [6, 6.07) is 7.02. The molecular weight excluding hydrogens is 508 g/mol. The summed E-state index contributed by atoms with van der Waals surface area (Å²) in [4.78, 5) is 23.4. The van der Waals surface area contributed by atoms with Crippen molar-refractivity contribution < 1.29 is 14.6 Å². The quantitative estimate of drug-likeness (QED) is 0.344. The average Bonchev–Trinajstić information content (AvgIpc) is 3.58. The van der Waals surface area contributed by atoms with Crippen molar-refractivity contribution in [2.75, 3.05) is 12.3 Å². The summed E-state index contributed by atoms with van der Waals surface area (Å²) in [5.74, 6) is 2.04. The van der Waals surface area contributed by atoms with E-state index < -0.39 is 18.4 Å². The first-order chi connectivity index (χ1) is 19.2. The number of nitrogen functional groups attached to an aromatic ring is 1. The molecule has 1 aliphatic carbocycles. The minimum absolute atomic E-state index is 0.0888. The van der Waals surface area contributed by atoms with Crippen molar-refractivity contribution in [3.8, 4) is 0 Å². The Morgan fingerprint density at radius 2 is 1.98 bits per heavy atom. The van der Waals surface area contributed by atoms with Gasteiger partial charge >= 0.3 is 0 Å². The minimum atomic E-state index is -0.833. The topological polar surface area (TPSA) is 140 Å². The maximum atomic E-state index is 11.1. The fourth-order valence-electron chi connectivity index (χ4n) is 6.62. The van der Waals surface area contributed by atoms with Gasteiger partial charge in [-0.2, -0.15) is 0 Å². The highest BCUT2D eigenvalue weighted by Crippen LogP contribution is 2.42. The van der Waals surface area contributed by atoms with Crippen LogP contribution in [0.15, 0.2) is 30.9 Å². The Labute approximate surface area is 233 Å². The third kappa shape index (κ3) is 4.36. The lowest BCUT2D eigenvalue weighted by atomic mass is 9.76. The second-order valence-electron chi connectivity index (χ2n) is 12.7. The second-order valence-corrected chi connectivity index (χ2v) is 12.7. The predicted molar refractivity (Wildman–Crippen MR) is 150 cm³/mol. The van der Waals surface area contributed by atoms with Crippen LogP contribution in [0.4, 0.5) is 5.82 Å². The molecule has 0 amide bonds. The number of aliphatic hydroxyl groups is 1. The van der Waals surface area contributed by atoms with Gasteiger partial charge in [-0.3, -0.25) is 9.47 Å². The van der Waals surface area contributed by atoms with Gasteiger partial charge in [0.25, 0.3) is 0 Å². The van der Waals surface area contributed by atoms with Gasteiger partial charge in [-0.1, -0.05) is 26.8 Å². The van der Waals surface area contributed by atoms with Gasteiger partial charge in [0.05, 0.1) is 17.4 Å². The molecule has 7 rings (SSSR count). The van der Waals surface area contributed by atoms with Gasteiger partial charge in [0.15, 0.2) is 17.7 Å². The Morgan fingerprint density at radius 1 is 1.15 bits per heavy atom. The highest BCUT2D eigenvalue weighted by atomic mass is 16.6. The van der Waals surface area contributed by atoms with E-state index in [0.717, 1.165) is 49.1 Å². The monoisotopic (exact) mass is 546 g/mol. The van der Waals surface area contributed by atoms with Gasteiger partial charge in [-0.25, -0.2) is 19.9 Å². The lowest BCUT2D eigenvalue weighted by Crippen LogP contribution is -2.59. The second kappa shape index (κ2) is 9.47. The molecule has 0 radical (unpaired) electrons. The zero-order valence-corrected chi connectivity index (χ0v) is 23.5. The number of fused-ring (bicyclic) bond motifs is 3. The summed E-state index contributed by atoms with van der Waals surface area (Å²) >= 11 is 0. The first-order valence-corrected chi connectivity index (χ1v) is 14.3. The molecule has 5 heterocycles. The Bertz CT molecular complexity index is 1540. The summed E-state index contributed by atoms with van der Waals surface area (Å²) in [6.07, 6.45) is 5.13. The zero-order chi connectivity index (χ0) is 27.8. The van der Waals surface area contributed by atoms with Crippen molar-refractivity contribution in [3.05, 3.63) is 42.2 Å². The Balaban J connectivity index is 0.959. The largest absolute Gasteiger partial charge is 0.386 e. The number of nitrogens with one attached hydrogen (secondary N) is 1. The highest BCUT2D eigenvalue weighted by molar-refractivity contribution is 5.81. The number of aryl methyl sites for hydroxylation is 1. The molecule has 2 saturated heterocycles. The van der Waals surface area contributed by atoms with Crippen LogP contribution in [0.25, 0.3) is 22.2 Å². The van der Waals surface area contributed by atoms with E-state index in [1.165, 1.54) is 11.9 Å². The number of benzene rings is 1. The molecule has 0 spiro atoms. The molecule has 1 unspecified atom stereocenters. The van der Waals surface area contributed by atoms with Crippen LogP contribution in [0.2, 0.25) is 0 Å². The number of aromatic nitrogens is 6. The highest BCUT2D eigenvalue weighted by Gasteiger charge is 2.52. The smallest absolute Gasteiger partial charge is 0.167 e. The summed E-state index contributed by atoms with van der Waals surface area (Å²) in [6.45, 7) is 9.49. The lowest BCUT2D eigenvalue weighted by molar-refractivity contribution is -0.199. The number of hydrogen-bond donors (Lipinski definition) is 3. The summed E-state index contributed by atoms with van der Waals surface area (Å²) < 4.78 is 14.4. The van der Waals surface area contributed by atoms with Gasteiger partial charge in [0.1, 0.15) is 42.2 Å². The minimum Gasteiger partial charge on any atom is -0.386 e. The number of nitrogens with two attached hydrogens (primary N) is 1. The number of H-pyrrole nitrogens is 1. The zero-order valence-electron chi connectivity index (χ0n) is 23.5. The first kappa shape index (κ1) is 25.8. The van der Waals surface area contributed by atoms with Crippen LogP contribution in [-0.2, 0) is 21.3 Å². The predicted octanol–water partition coefficient (Wildman–Crippen LogP) is 3.30. The van der Waals surface area contributed by atoms with Crippen LogP contribution in [0.1, 0.15) is 64.6 Å². The number of rotatable bonds is 5. The Morgan fingerprint density at radius 3 is 2.77 bits per heavy atom. The van der Waals surface area contributed by atoms with Gasteiger partial charge in [0.2, 0.25) is 0 Å². The molecule has 4 N–H and O–H groups in total. The van der Waals surface area contributed by atoms with Crippen molar-refractivity contribution in [2.24, 2.45) is 5.92 Å². The van der Waals surface area contributed by atoms with Crippen molar-refractivity contribution in [1.29, 1.82) is 0 Å². The third-order valence-corrected chi connectivity index (χ3v) is 9.05. The van der Waals surface area contributed by atoms with Crippen LogP contribution >= 0.6 is 0 Å². The number of anilines is 1. The molecule has 11 heteroatoms. The molecular formula is C29H38N8O3. The summed E-state index contributed by atoms with van der Waals surface area (Å²) in [5, 5.41) is 11.1. The molecule has 3 aliphatic rings. The van der Waals surface area contributed by atoms with Crippen LogP contribution < -0.4 is 5.73 Å². The molecule has 3 aromatic heterocycles. The van der Waals surface area contributed by atoms with E-state index in [4.69, 9.17) is 20.2 Å². The Hall–Kier alpha value is -3.12. The normalized spacial score (nSPS) is 31.1. The van der Waals surface area contributed by atoms with Crippen LogP contribution in [0, 0.1) is 5.92 Å². The van der Waals surface area contributed by atoms with Crippen LogP contribution in [0.5, 0.6) is 0 Å². The number of nitrogens with zero attached hydrogens (tertiary/aromatic N) is 6. The molecule has 11 nitrogen and oxygen atoms in total. The standard InChI is InChI=1S/C29H38N8O3/c1-15-36(12-21-25(39-15)24(38)28(40-21)37-14-33-23-26(30)31-13-32-27(23)37)18-9-16(10-18)5-8-22-34-19-7-6-17(29(2,3)4)11-20(19)35-22/h6-7,11,13-16,18,21,24-25,28,38H,5,8-10,12H2,1-4H3,(H,34,35)(H2,30,31,32)/t15?,16-,18+,21-,24-,25-,28-/m1/s1. The molecule has 212 valence electrons. The number of hydrogen-bond acceptors (Lipinski definition) is 9. The SMILES string of the molecule is CC1O[C@H]2[C@@H](O)[C@H](n3cnc4c(N)ncnc43)O[C@@H]2CN1[C@H]1C[C@@H](CCc2nc3cc(C(C)(C)C)ccc3[nH]2)C1. The van der Waals surface area contributed by atoms with Gasteiger partial charge in [-0.15, -0.1) is 0 Å². The van der Waals surface area contributed by atoms with Gasteiger partial charge in [0, 0.05) is 19.0 Å². The molecule has 5 atom stereocenters. The fourth-order valence-corrected chi connectivity index (χ4v) is 6.62. The summed E-state index contributed by atoms with van der Waals surface area (Å²) in [7, 11) is 0. The van der Waals surface area contributed by atoms with Crippen molar-refractivity contribution in [3.63, 3.8) is 0 Å². The number of aliphatic hydroxyl groups excluding tert-OH is 1. The van der Waals surface area contributed by atoms with Crippen LogP contribution in [-0.4, -0.2) is 76.6 Å². The van der Waals surface area contributed by atoms with Gasteiger partial charge < -0.3 is 25.3 Å². The van der Waals surface area contributed by atoms with Gasteiger partial charge in [-0.05, 0) is 55.2 Å². The molecule has 2 aliphatic heterocycles. The first-order valence-electron chi connectivity index (χ1n) is 14.3. The van der Waals surface area contributed by atoms with E-state index in [-0.39, 0.29) is 17.7 Å². The van der Waals surface area contributed by atoms with E-state index in [2.05, 4.69) is 70.7 Å². The molecule has 0 bridgehead atoms. The number of imidazole rings is 2. The fraction of sp³-hybridized carbons (Fsp3) is 0.586.